The summed E-state index contributed by atoms with van der Waals surface area (Å²) in [6, 6.07) is 15.5. The zero-order chi connectivity index (χ0) is 20.3. The molecule has 0 spiro atoms. The van der Waals surface area contributed by atoms with Gasteiger partial charge in [-0.15, -0.1) is 0 Å². The second kappa shape index (κ2) is 9.73. The molecule has 8 heteroatoms. The van der Waals surface area contributed by atoms with E-state index in [1.165, 1.54) is 6.07 Å². The number of fused-ring (bicyclic) bond motifs is 1. The molecule has 0 aliphatic heterocycles. The summed E-state index contributed by atoms with van der Waals surface area (Å²) in [6.07, 6.45) is 1.72. The van der Waals surface area contributed by atoms with Gasteiger partial charge in [-0.05, 0) is 61.2 Å². The van der Waals surface area contributed by atoms with Gasteiger partial charge in [0.2, 0.25) is 0 Å². The van der Waals surface area contributed by atoms with Crippen molar-refractivity contribution in [3.8, 4) is 5.75 Å². The second-order valence-electron chi connectivity index (χ2n) is 6.34. The van der Waals surface area contributed by atoms with E-state index in [2.05, 4.69) is 23.7 Å². The van der Waals surface area contributed by atoms with Gasteiger partial charge in [0, 0.05) is 36.4 Å². The molecule has 0 fully saturated rings. The Bertz CT molecular complexity index is 1130. The average Bonchev–Trinajstić information content (AvgIpc) is 2.67. The van der Waals surface area contributed by atoms with Crippen LogP contribution >= 0.6 is 0 Å². The molecule has 0 atom stereocenters. The zero-order valence-electron chi connectivity index (χ0n) is 16.7. The number of nitrogens with zero attached hydrogens (tertiary/aromatic N) is 2. The quantitative estimate of drug-likeness (QED) is 0.357. The van der Waals surface area contributed by atoms with Crippen molar-refractivity contribution in [2.45, 2.75) is 18.7 Å². The van der Waals surface area contributed by atoms with Crippen LogP contribution in [-0.2, 0) is 10.1 Å². The fraction of sp³-hybridized carbons (Fsp3) is 0.190. The van der Waals surface area contributed by atoms with Crippen molar-refractivity contribution in [3.63, 3.8) is 0 Å². The van der Waals surface area contributed by atoms with Crippen molar-refractivity contribution < 1.29 is 47.6 Å². The van der Waals surface area contributed by atoms with E-state index >= 15 is 0 Å². The van der Waals surface area contributed by atoms with Gasteiger partial charge in [0.25, 0.3) is 10.1 Å². The molecule has 3 rings (SSSR count). The van der Waals surface area contributed by atoms with Crippen LogP contribution in [0, 0.1) is 0 Å². The Morgan fingerprint density at radius 3 is 2.24 bits per heavy atom. The van der Waals surface area contributed by atoms with Crippen molar-refractivity contribution in [2.75, 3.05) is 18.0 Å². The van der Waals surface area contributed by atoms with Crippen LogP contribution in [0.1, 0.15) is 19.4 Å². The third-order valence-electron chi connectivity index (χ3n) is 4.57. The number of hydrogen-bond acceptors (Lipinski definition) is 5. The van der Waals surface area contributed by atoms with Crippen molar-refractivity contribution in [1.82, 2.24) is 0 Å². The number of phenols is 1. The van der Waals surface area contributed by atoms with Gasteiger partial charge in [-0.1, -0.05) is 12.1 Å². The third-order valence-corrected chi connectivity index (χ3v) is 5.40. The predicted octanol–water partition coefficient (Wildman–Crippen LogP) is 1.39. The van der Waals surface area contributed by atoms with Crippen LogP contribution in [-0.4, -0.2) is 37.4 Å². The molecule has 0 saturated carbocycles. The topological polar surface area (TPSA) is 90.2 Å². The molecule has 29 heavy (non-hydrogen) atoms. The van der Waals surface area contributed by atoms with E-state index in [-0.39, 0.29) is 40.2 Å². The number of benzene rings is 3. The van der Waals surface area contributed by atoms with Crippen molar-refractivity contribution in [3.05, 3.63) is 60.2 Å². The van der Waals surface area contributed by atoms with Crippen LogP contribution in [0.25, 0.3) is 10.8 Å². The minimum atomic E-state index is -4.40. The summed E-state index contributed by atoms with van der Waals surface area (Å²) < 4.78 is 31.9. The number of phenolic OH excluding ortho intramolecular Hbond substituents is 1. The van der Waals surface area contributed by atoms with Gasteiger partial charge in [0.1, 0.15) is 5.75 Å². The maximum Gasteiger partial charge on any atom is 1.00 e. The Labute approximate surface area is 192 Å². The molecule has 0 radical (unpaired) electrons. The zero-order valence-corrected chi connectivity index (χ0v) is 19.5. The number of anilines is 1. The van der Waals surface area contributed by atoms with E-state index in [1.807, 2.05) is 24.3 Å². The number of aliphatic imine (C=N–C) groups is 1. The summed E-state index contributed by atoms with van der Waals surface area (Å²) in [4.78, 5) is 6.33. The maximum absolute atomic E-state index is 11.4. The second-order valence-corrected chi connectivity index (χ2v) is 7.77. The van der Waals surface area contributed by atoms with Gasteiger partial charge < -0.3 is 10.0 Å². The molecule has 0 unspecified atom stereocenters. The van der Waals surface area contributed by atoms with E-state index in [0.29, 0.717) is 16.5 Å². The van der Waals surface area contributed by atoms with Crippen LogP contribution < -0.4 is 34.5 Å². The number of rotatable bonds is 6. The van der Waals surface area contributed by atoms with Crippen molar-refractivity contribution >= 4 is 38.5 Å². The van der Waals surface area contributed by atoms with Crippen LogP contribution in [0.2, 0.25) is 0 Å². The van der Waals surface area contributed by atoms with Gasteiger partial charge in [0.15, 0.2) is 0 Å². The summed E-state index contributed by atoms with van der Waals surface area (Å²) in [5.41, 5.74) is 2.69. The molecule has 0 bridgehead atoms. The molecular weight excluding hydrogens is 399 g/mol. The molecule has 0 aliphatic rings. The monoisotopic (exact) mass is 421 g/mol. The van der Waals surface area contributed by atoms with Crippen LogP contribution in [0.3, 0.4) is 0 Å². The molecule has 0 amide bonds. The van der Waals surface area contributed by atoms with E-state index in [4.69, 9.17) is 0 Å². The van der Waals surface area contributed by atoms with Crippen LogP contribution in [0.4, 0.5) is 11.4 Å². The van der Waals surface area contributed by atoms with E-state index in [0.717, 1.165) is 30.4 Å². The minimum absolute atomic E-state index is 0. The number of aromatic hydroxyl groups is 1. The van der Waals surface area contributed by atoms with Crippen LogP contribution in [0.5, 0.6) is 5.75 Å². The van der Waals surface area contributed by atoms with Crippen LogP contribution in [0.15, 0.2) is 64.5 Å². The van der Waals surface area contributed by atoms with Crippen molar-refractivity contribution in [1.29, 1.82) is 0 Å². The summed E-state index contributed by atoms with van der Waals surface area (Å²) >= 11 is 0. The summed E-state index contributed by atoms with van der Waals surface area (Å²) in [7, 11) is -4.40. The average molecular weight is 421 g/mol. The molecule has 3 aromatic rings. The fourth-order valence-corrected chi connectivity index (χ4v) is 3.58. The van der Waals surface area contributed by atoms with Gasteiger partial charge in [-0.2, -0.15) is 8.42 Å². The first-order valence-corrected chi connectivity index (χ1v) is 10.4. The normalized spacial score (nSPS) is 11.6. The molecule has 0 aromatic heterocycles. The van der Waals surface area contributed by atoms with Gasteiger partial charge >= 0.3 is 29.6 Å². The summed E-state index contributed by atoms with van der Waals surface area (Å²) in [5.74, 6) is -0.215. The third kappa shape index (κ3) is 5.58. The number of hydrogen-bond donors (Lipinski definition) is 2. The standard InChI is InChI=1S/C21H22N2O4S.Na/c1-3-23(4-2)18-8-5-15(6-9-18)14-22-17-7-10-20-16(11-17)12-19(13-21(20)24)28(25,26)27;/h5-14,24H,3-4H2,1-2H3,(H,25,26,27);/q;+1. The van der Waals surface area contributed by atoms with Gasteiger partial charge in [0.05, 0.1) is 10.6 Å². The molecule has 2 N–H and O–H groups in total. The maximum atomic E-state index is 11.4. The molecule has 6 nitrogen and oxygen atoms in total. The summed E-state index contributed by atoms with van der Waals surface area (Å²) in [6.45, 7) is 6.12. The Hall–Kier alpha value is -1.90. The summed E-state index contributed by atoms with van der Waals surface area (Å²) in [5, 5.41) is 11.0. The molecule has 0 aliphatic carbocycles. The SMILES string of the molecule is CCN(CC)c1ccc(C=Nc2ccc3c(O)cc(S(=O)(=O)O)cc3c2)cc1.[Na+]. The minimum Gasteiger partial charge on any atom is -0.507 e. The van der Waals surface area contributed by atoms with Gasteiger partial charge in [-0.3, -0.25) is 9.55 Å². The Morgan fingerprint density at radius 2 is 1.66 bits per heavy atom. The Morgan fingerprint density at radius 1 is 1.00 bits per heavy atom. The molecule has 0 heterocycles. The Balaban J connectivity index is 0.00000300. The first-order valence-electron chi connectivity index (χ1n) is 8.95. The Kier molecular flexibility index (Phi) is 7.85. The first-order chi connectivity index (χ1) is 13.3. The van der Waals surface area contributed by atoms with E-state index in [9.17, 15) is 18.1 Å². The molecular formula is C21H22N2NaO4S+. The largest absolute Gasteiger partial charge is 1.00 e. The molecule has 3 aromatic carbocycles. The van der Waals surface area contributed by atoms with Crippen molar-refractivity contribution in [2.24, 2.45) is 4.99 Å². The molecule has 0 saturated heterocycles. The van der Waals surface area contributed by atoms with E-state index < -0.39 is 10.1 Å². The van der Waals surface area contributed by atoms with E-state index in [1.54, 1.807) is 24.4 Å². The predicted molar refractivity (Wildman–Crippen MR) is 113 cm³/mol. The smallest absolute Gasteiger partial charge is 0.507 e. The molecule has 146 valence electrons. The van der Waals surface area contributed by atoms with Gasteiger partial charge in [-0.25, -0.2) is 0 Å². The fourth-order valence-electron chi connectivity index (χ4n) is 3.05. The first kappa shape index (κ1) is 23.4.